The molecule has 5 nitrogen and oxygen atoms in total. The van der Waals surface area contributed by atoms with Gasteiger partial charge in [-0.2, -0.15) is 0 Å². The molecule has 0 amide bonds. The molecular formula is C22H24O5. The second-order valence-electron chi connectivity index (χ2n) is 7.93. The van der Waals surface area contributed by atoms with E-state index in [2.05, 4.69) is 32.9 Å². The molecule has 0 spiro atoms. The minimum atomic E-state index is -0.264. The lowest BCUT2D eigenvalue weighted by Gasteiger charge is -2.21. The highest BCUT2D eigenvalue weighted by Gasteiger charge is 2.52. The molecule has 0 saturated carbocycles. The van der Waals surface area contributed by atoms with E-state index in [0.29, 0.717) is 24.3 Å². The topological polar surface area (TPSA) is 74.8 Å². The highest BCUT2D eigenvalue weighted by atomic mass is 16.6. The van der Waals surface area contributed by atoms with Gasteiger partial charge in [-0.05, 0) is 55.5 Å². The Morgan fingerprint density at radius 2 is 1.41 bits per heavy atom. The molecule has 5 rings (SSSR count). The Balaban J connectivity index is 1.83. The average molecular weight is 368 g/mol. The molecule has 0 aliphatic carbocycles. The van der Waals surface area contributed by atoms with Crippen molar-refractivity contribution in [3.05, 3.63) is 45.5 Å². The molecule has 142 valence electrons. The fourth-order valence-corrected chi connectivity index (χ4v) is 4.39. The van der Waals surface area contributed by atoms with Gasteiger partial charge in [-0.3, -0.25) is 0 Å². The first-order valence-corrected chi connectivity index (χ1v) is 9.44. The Hall–Kier alpha value is -2.08. The Morgan fingerprint density at radius 1 is 0.778 bits per heavy atom. The molecule has 0 radical (unpaired) electrons. The molecule has 4 unspecified atom stereocenters. The smallest absolute Gasteiger partial charge is 0.164 e. The van der Waals surface area contributed by atoms with Crippen molar-refractivity contribution in [2.75, 3.05) is 13.2 Å². The van der Waals surface area contributed by atoms with Crippen LogP contribution in [0.1, 0.15) is 45.6 Å². The van der Waals surface area contributed by atoms with E-state index < -0.39 is 0 Å². The minimum Gasteiger partial charge on any atom is -0.504 e. The summed E-state index contributed by atoms with van der Waals surface area (Å²) in [6, 6.07) is 4.20. The summed E-state index contributed by atoms with van der Waals surface area (Å²) in [5.74, 6) is -0.163. The van der Waals surface area contributed by atoms with E-state index in [1.807, 2.05) is 6.92 Å². The summed E-state index contributed by atoms with van der Waals surface area (Å²) in [5, 5.41) is 21.5. The third kappa shape index (κ3) is 2.42. The first-order valence-electron chi connectivity index (χ1n) is 9.44. The monoisotopic (exact) mass is 368 g/mol. The highest BCUT2D eigenvalue weighted by molar-refractivity contribution is 5.82. The van der Waals surface area contributed by atoms with Crippen LogP contribution in [0.15, 0.2) is 12.1 Å². The zero-order chi connectivity index (χ0) is 19.0. The second-order valence-corrected chi connectivity index (χ2v) is 7.93. The summed E-state index contributed by atoms with van der Waals surface area (Å²) >= 11 is 0. The standard InChI is InChI=1S/C22H24O5/c1-9-5-6-13(11(3)10(9)2)16-12(4)19(23)20(24)18-17(16)21-14(26-21)7-25-8-15-22(18)27-15/h5-6,14-15,21-24H,7-8H2,1-4H3. The van der Waals surface area contributed by atoms with Crippen LogP contribution in [0.25, 0.3) is 11.1 Å². The largest absolute Gasteiger partial charge is 0.504 e. The van der Waals surface area contributed by atoms with E-state index in [4.69, 9.17) is 14.2 Å². The van der Waals surface area contributed by atoms with Crippen molar-refractivity contribution >= 4 is 0 Å². The molecular weight excluding hydrogens is 344 g/mol. The summed E-state index contributed by atoms with van der Waals surface area (Å²) in [7, 11) is 0. The molecule has 5 heteroatoms. The van der Waals surface area contributed by atoms with Gasteiger partial charge in [-0.15, -0.1) is 0 Å². The van der Waals surface area contributed by atoms with E-state index in [0.717, 1.165) is 16.7 Å². The van der Waals surface area contributed by atoms with Crippen molar-refractivity contribution in [3.63, 3.8) is 0 Å². The van der Waals surface area contributed by atoms with Crippen LogP contribution < -0.4 is 0 Å². The highest BCUT2D eigenvalue weighted by Crippen LogP contribution is 2.58. The summed E-state index contributed by atoms with van der Waals surface area (Å²) < 4.78 is 17.4. The maximum absolute atomic E-state index is 10.8. The Bertz CT molecular complexity index is 964. The molecule has 4 atom stereocenters. The van der Waals surface area contributed by atoms with Crippen LogP contribution in [-0.2, 0) is 14.2 Å². The SMILES string of the molecule is Cc1ccc(-c2c(C)c(O)c(O)c3c2C2OC2COCC2OC32)c(C)c1C. The number of aromatic hydroxyl groups is 2. The normalized spacial score (nSPS) is 28.3. The van der Waals surface area contributed by atoms with Crippen LogP contribution in [0.3, 0.4) is 0 Å². The Labute approximate surface area is 158 Å². The third-order valence-corrected chi connectivity index (χ3v) is 6.39. The number of aryl methyl sites for hydroxylation is 1. The summed E-state index contributed by atoms with van der Waals surface area (Å²) in [6.45, 7) is 9.16. The van der Waals surface area contributed by atoms with Crippen LogP contribution in [0.5, 0.6) is 11.5 Å². The quantitative estimate of drug-likeness (QED) is 0.590. The fraction of sp³-hybridized carbons (Fsp3) is 0.455. The number of hydrogen-bond acceptors (Lipinski definition) is 5. The zero-order valence-corrected chi connectivity index (χ0v) is 16.0. The van der Waals surface area contributed by atoms with Crippen molar-refractivity contribution in [2.45, 2.75) is 52.1 Å². The van der Waals surface area contributed by atoms with Gasteiger partial charge in [0.1, 0.15) is 24.4 Å². The average Bonchev–Trinajstić information content (AvgIpc) is 3.56. The number of benzene rings is 2. The van der Waals surface area contributed by atoms with Crippen LogP contribution >= 0.6 is 0 Å². The third-order valence-electron chi connectivity index (χ3n) is 6.39. The van der Waals surface area contributed by atoms with Crippen molar-refractivity contribution < 1.29 is 24.4 Å². The lowest BCUT2D eigenvalue weighted by Crippen LogP contribution is -2.06. The van der Waals surface area contributed by atoms with Gasteiger partial charge >= 0.3 is 0 Å². The van der Waals surface area contributed by atoms with E-state index in [1.54, 1.807) is 0 Å². The molecule has 3 heterocycles. The van der Waals surface area contributed by atoms with E-state index >= 15 is 0 Å². The summed E-state index contributed by atoms with van der Waals surface area (Å²) in [4.78, 5) is 0. The van der Waals surface area contributed by atoms with Gasteiger partial charge in [0.15, 0.2) is 11.5 Å². The van der Waals surface area contributed by atoms with Crippen LogP contribution in [0.4, 0.5) is 0 Å². The molecule has 3 aliphatic heterocycles. The molecule has 27 heavy (non-hydrogen) atoms. The fourth-order valence-electron chi connectivity index (χ4n) is 4.39. The van der Waals surface area contributed by atoms with Crippen LogP contribution in [0.2, 0.25) is 0 Å². The molecule has 0 bridgehead atoms. The molecule has 2 N–H and O–H groups in total. The van der Waals surface area contributed by atoms with Crippen LogP contribution in [-0.4, -0.2) is 35.6 Å². The van der Waals surface area contributed by atoms with Gasteiger partial charge in [0.25, 0.3) is 0 Å². The summed E-state index contributed by atoms with van der Waals surface area (Å²) in [5.41, 5.74) is 7.92. The first-order chi connectivity index (χ1) is 12.9. The number of rotatable bonds is 1. The zero-order valence-electron chi connectivity index (χ0n) is 16.0. The lowest BCUT2D eigenvalue weighted by atomic mass is 9.83. The molecule has 3 aliphatic rings. The van der Waals surface area contributed by atoms with Gasteiger partial charge in [0, 0.05) is 16.7 Å². The van der Waals surface area contributed by atoms with Crippen molar-refractivity contribution in [2.24, 2.45) is 0 Å². The maximum atomic E-state index is 10.8. The Morgan fingerprint density at radius 3 is 2.07 bits per heavy atom. The molecule has 2 aromatic carbocycles. The van der Waals surface area contributed by atoms with Gasteiger partial charge in [-0.25, -0.2) is 0 Å². The Kier molecular flexibility index (Phi) is 3.60. The molecule has 0 aromatic heterocycles. The maximum Gasteiger partial charge on any atom is 0.164 e. The predicted molar refractivity (Wildman–Crippen MR) is 100 cm³/mol. The minimum absolute atomic E-state index is 0.0183. The lowest BCUT2D eigenvalue weighted by molar-refractivity contribution is 0.102. The van der Waals surface area contributed by atoms with E-state index in [1.165, 1.54) is 16.7 Å². The van der Waals surface area contributed by atoms with Gasteiger partial charge < -0.3 is 24.4 Å². The van der Waals surface area contributed by atoms with Gasteiger partial charge in [-0.1, -0.05) is 12.1 Å². The van der Waals surface area contributed by atoms with E-state index in [-0.39, 0.29) is 35.9 Å². The van der Waals surface area contributed by atoms with E-state index in [9.17, 15) is 10.2 Å². The molecule has 2 aromatic rings. The number of fused-ring (bicyclic) bond motifs is 5. The number of phenolic OH excluding ortho intramolecular Hbond substituents is 2. The molecule has 2 saturated heterocycles. The summed E-state index contributed by atoms with van der Waals surface area (Å²) in [6.07, 6.45) is -0.512. The second kappa shape index (κ2) is 5.71. The van der Waals surface area contributed by atoms with Gasteiger partial charge in [0.05, 0.1) is 13.2 Å². The van der Waals surface area contributed by atoms with Crippen LogP contribution in [0, 0.1) is 27.7 Å². The number of ether oxygens (including phenoxy) is 3. The van der Waals surface area contributed by atoms with Crippen molar-refractivity contribution in [1.82, 2.24) is 0 Å². The number of hydrogen-bond donors (Lipinski definition) is 2. The predicted octanol–water partition coefficient (Wildman–Crippen LogP) is 3.91. The first kappa shape index (κ1) is 17.0. The number of epoxide rings is 2. The van der Waals surface area contributed by atoms with Gasteiger partial charge in [0.2, 0.25) is 0 Å². The van der Waals surface area contributed by atoms with Crippen molar-refractivity contribution in [1.29, 1.82) is 0 Å². The van der Waals surface area contributed by atoms with Crippen molar-refractivity contribution in [3.8, 4) is 22.6 Å². The molecule has 2 fully saturated rings. The number of phenols is 2.